The van der Waals surface area contributed by atoms with Crippen LogP contribution in [0.2, 0.25) is 0 Å². The molecule has 0 aromatic carbocycles. The Balaban J connectivity index is 1.85. The van der Waals surface area contributed by atoms with Gasteiger partial charge in [-0.25, -0.2) is 0 Å². The van der Waals surface area contributed by atoms with Gasteiger partial charge >= 0.3 is 0 Å². The molecule has 1 amide bonds. The summed E-state index contributed by atoms with van der Waals surface area (Å²) in [4.78, 5) is 11.4. The number of rotatable bonds is 1. The van der Waals surface area contributed by atoms with E-state index in [1.54, 1.807) is 0 Å². The van der Waals surface area contributed by atoms with Crippen LogP contribution in [-0.4, -0.2) is 11.9 Å². The normalized spacial score (nSPS) is 51.1. The maximum atomic E-state index is 11.4. The molecule has 4 N–H and O–H groups in total. The summed E-state index contributed by atoms with van der Waals surface area (Å²) in [6, 6.07) is 0.341. The zero-order chi connectivity index (χ0) is 11.3. The third kappa shape index (κ3) is 1.27. The standard InChI is InChI=1S/C13H22N2O/c14-11-8-3-4-10(6-8)13(11)5-1-2-9(7-13)12(15)16/h8-11H,1-7,14H2,(H2,15,16)/t8?,9-,10?,11+,13+/m0/s1. The zero-order valence-electron chi connectivity index (χ0n) is 9.82. The van der Waals surface area contributed by atoms with Crippen LogP contribution in [0.1, 0.15) is 44.9 Å². The fourth-order valence-corrected chi connectivity index (χ4v) is 4.86. The molecule has 0 saturated heterocycles. The van der Waals surface area contributed by atoms with E-state index in [9.17, 15) is 4.79 Å². The van der Waals surface area contributed by atoms with Crippen molar-refractivity contribution < 1.29 is 4.79 Å². The quantitative estimate of drug-likeness (QED) is 0.704. The van der Waals surface area contributed by atoms with Crippen molar-refractivity contribution in [2.24, 2.45) is 34.6 Å². The maximum Gasteiger partial charge on any atom is 0.220 e. The van der Waals surface area contributed by atoms with Crippen molar-refractivity contribution >= 4 is 5.91 Å². The van der Waals surface area contributed by atoms with Crippen LogP contribution in [0.5, 0.6) is 0 Å². The molecule has 5 atom stereocenters. The molecular formula is C13H22N2O. The molecule has 2 unspecified atom stereocenters. The zero-order valence-corrected chi connectivity index (χ0v) is 9.82. The molecule has 16 heavy (non-hydrogen) atoms. The first kappa shape index (κ1) is 10.6. The minimum atomic E-state index is -0.103. The van der Waals surface area contributed by atoms with Gasteiger partial charge in [-0.2, -0.15) is 0 Å². The van der Waals surface area contributed by atoms with Crippen molar-refractivity contribution in [3.05, 3.63) is 0 Å². The number of carbonyl (C=O) groups is 1. The lowest BCUT2D eigenvalue weighted by Gasteiger charge is -2.47. The highest BCUT2D eigenvalue weighted by atomic mass is 16.1. The van der Waals surface area contributed by atoms with Gasteiger partial charge in [-0.1, -0.05) is 6.42 Å². The highest BCUT2D eigenvalue weighted by Gasteiger charge is 2.57. The molecule has 3 aliphatic carbocycles. The molecule has 2 bridgehead atoms. The van der Waals surface area contributed by atoms with Gasteiger partial charge in [-0.3, -0.25) is 4.79 Å². The van der Waals surface area contributed by atoms with Crippen LogP contribution < -0.4 is 11.5 Å². The van der Waals surface area contributed by atoms with Crippen molar-refractivity contribution in [1.29, 1.82) is 0 Å². The lowest BCUT2D eigenvalue weighted by Crippen LogP contribution is -2.50. The largest absolute Gasteiger partial charge is 0.369 e. The van der Waals surface area contributed by atoms with Crippen LogP contribution in [0.3, 0.4) is 0 Å². The minimum absolute atomic E-state index is 0.0964. The Morgan fingerprint density at radius 3 is 2.69 bits per heavy atom. The van der Waals surface area contributed by atoms with Gasteiger partial charge in [0.25, 0.3) is 0 Å². The van der Waals surface area contributed by atoms with Crippen LogP contribution >= 0.6 is 0 Å². The van der Waals surface area contributed by atoms with E-state index < -0.39 is 0 Å². The highest BCUT2D eigenvalue weighted by Crippen LogP contribution is 2.61. The number of amides is 1. The van der Waals surface area contributed by atoms with Crippen molar-refractivity contribution in [2.45, 2.75) is 51.0 Å². The Labute approximate surface area is 96.9 Å². The Morgan fingerprint density at radius 2 is 2.06 bits per heavy atom. The van der Waals surface area contributed by atoms with Crippen LogP contribution in [0.25, 0.3) is 0 Å². The van der Waals surface area contributed by atoms with E-state index in [4.69, 9.17) is 11.5 Å². The second-order valence-corrected chi connectivity index (χ2v) is 6.22. The first-order valence-electron chi connectivity index (χ1n) is 6.68. The third-order valence-corrected chi connectivity index (χ3v) is 5.68. The molecule has 3 heteroatoms. The van der Waals surface area contributed by atoms with Gasteiger partial charge < -0.3 is 11.5 Å². The van der Waals surface area contributed by atoms with Crippen molar-refractivity contribution in [1.82, 2.24) is 0 Å². The SMILES string of the molecule is NC(=O)[C@H]1CCC[C@@]2(C1)C1CCC(C1)[C@H]2N. The molecule has 3 rings (SSSR count). The monoisotopic (exact) mass is 222 g/mol. The topological polar surface area (TPSA) is 69.1 Å². The summed E-state index contributed by atoms with van der Waals surface area (Å²) in [6.07, 6.45) is 8.31. The summed E-state index contributed by atoms with van der Waals surface area (Å²) in [5.41, 5.74) is 12.2. The van der Waals surface area contributed by atoms with Crippen LogP contribution in [0.4, 0.5) is 0 Å². The van der Waals surface area contributed by atoms with Gasteiger partial charge in [-0.05, 0) is 55.8 Å². The van der Waals surface area contributed by atoms with Gasteiger partial charge in [0.15, 0.2) is 0 Å². The molecule has 0 aromatic rings. The Morgan fingerprint density at radius 1 is 1.25 bits per heavy atom. The van der Waals surface area contributed by atoms with E-state index >= 15 is 0 Å². The van der Waals surface area contributed by atoms with Crippen molar-refractivity contribution in [3.63, 3.8) is 0 Å². The predicted octanol–water partition coefficient (Wildman–Crippen LogP) is 1.41. The van der Waals surface area contributed by atoms with E-state index in [1.165, 1.54) is 25.7 Å². The Hall–Kier alpha value is -0.570. The predicted molar refractivity (Wildman–Crippen MR) is 62.4 cm³/mol. The molecule has 90 valence electrons. The molecule has 3 fully saturated rings. The fraction of sp³-hybridized carbons (Fsp3) is 0.923. The molecule has 0 aliphatic heterocycles. The average Bonchev–Trinajstić information content (AvgIpc) is 2.84. The number of hydrogen-bond acceptors (Lipinski definition) is 2. The number of carbonyl (C=O) groups excluding carboxylic acids is 1. The molecular weight excluding hydrogens is 200 g/mol. The summed E-state index contributed by atoms with van der Waals surface area (Å²) in [6.45, 7) is 0. The van der Waals surface area contributed by atoms with E-state index in [0.717, 1.165) is 31.1 Å². The molecule has 3 saturated carbocycles. The number of nitrogens with two attached hydrogens (primary N) is 2. The fourth-order valence-electron chi connectivity index (χ4n) is 4.86. The van der Waals surface area contributed by atoms with Gasteiger partial charge in [0.2, 0.25) is 5.91 Å². The summed E-state index contributed by atoms with van der Waals surface area (Å²) in [5, 5.41) is 0. The smallest absolute Gasteiger partial charge is 0.220 e. The molecule has 0 radical (unpaired) electrons. The van der Waals surface area contributed by atoms with Crippen molar-refractivity contribution in [3.8, 4) is 0 Å². The first-order valence-corrected chi connectivity index (χ1v) is 6.68. The Kier molecular flexibility index (Phi) is 2.29. The van der Waals surface area contributed by atoms with E-state index in [1.807, 2.05) is 0 Å². The second kappa shape index (κ2) is 3.46. The Bertz CT molecular complexity index is 313. The molecule has 3 aliphatic rings. The molecule has 3 nitrogen and oxygen atoms in total. The van der Waals surface area contributed by atoms with Gasteiger partial charge in [-0.15, -0.1) is 0 Å². The molecule has 1 spiro atoms. The maximum absolute atomic E-state index is 11.4. The summed E-state index contributed by atoms with van der Waals surface area (Å²) < 4.78 is 0. The number of primary amides is 1. The van der Waals surface area contributed by atoms with Crippen LogP contribution in [0, 0.1) is 23.2 Å². The lowest BCUT2D eigenvalue weighted by molar-refractivity contribution is -0.125. The molecule has 0 heterocycles. The number of hydrogen-bond donors (Lipinski definition) is 2. The second-order valence-electron chi connectivity index (χ2n) is 6.22. The minimum Gasteiger partial charge on any atom is -0.369 e. The van der Waals surface area contributed by atoms with E-state index in [-0.39, 0.29) is 17.2 Å². The average molecular weight is 222 g/mol. The van der Waals surface area contributed by atoms with Gasteiger partial charge in [0, 0.05) is 12.0 Å². The van der Waals surface area contributed by atoms with Crippen molar-refractivity contribution in [2.75, 3.05) is 0 Å². The third-order valence-electron chi connectivity index (χ3n) is 5.68. The van der Waals surface area contributed by atoms with Gasteiger partial charge in [0.05, 0.1) is 0 Å². The van der Waals surface area contributed by atoms with Crippen LogP contribution in [0.15, 0.2) is 0 Å². The highest BCUT2D eigenvalue weighted by molar-refractivity contribution is 5.76. The van der Waals surface area contributed by atoms with Crippen LogP contribution in [-0.2, 0) is 4.79 Å². The summed E-state index contributed by atoms with van der Waals surface area (Å²) in [7, 11) is 0. The summed E-state index contributed by atoms with van der Waals surface area (Å²) in [5.74, 6) is 1.51. The molecule has 0 aromatic heterocycles. The van der Waals surface area contributed by atoms with E-state index in [0.29, 0.717) is 6.04 Å². The first-order chi connectivity index (χ1) is 7.63. The van der Waals surface area contributed by atoms with Gasteiger partial charge in [0.1, 0.15) is 0 Å². The summed E-state index contributed by atoms with van der Waals surface area (Å²) >= 11 is 0. The van der Waals surface area contributed by atoms with E-state index in [2.05, 4.69) is 0 Å². The lowest BCUT2D eigenvalue weighted by atomic mass is 9.59. The number of fused-ring (bicyclic) bond motifs is 3.